The number of amides is 1. The van der Waals surface area contributed by atoms with Crippen molar-refractivity contribution < 1.29 is 14.7 Å². The molecule has 0 aliphatic carbocycles. The highest BCUT2D eigenvalue weighted by molar-refractivity contribution is 9.10. The standard InChI is InChI=1S/C15H19BrClNO3/c16-13-7-6-12(17)10-11(13)5-8-14(19)18-9-3-1-2-4-15(20)21/h6-7,10H,1-5,8-9H2,(H,18,19)(H,20,21). The van der Waals surface area contributed by atoms with Crippen molar-refractivity contribution in [3.8, 4) is 0 Å². The van der Waals surface area contributed by atoms with Crippen LogP contribution in [0.1, 0.15) is 37.7 Å². The predicted molar refractivity (Wildman–Crippen MR) is 86.6 cm³/mol. The summed E-state index contributed by atoms with van der Waals surface area (Å²) in [5.74, 6) is -0.772. The molecule has 0 heterocycles. The van der Waals surface area contributed by atoms with Crippen LogP contribution >= 0.6 is 27.5 Å². The maximum Gasteiger partial charge on any atom is 0.303 e. The van der Waals surface area contributed by atoms with Gasteiger partial charge in [0.15, 0.2) is 0 Å². The van der Waals surface area contributed by atoms with Gasteiger partial charge in [0.2, 0.25) is 5.91 Å². The summed E-state index contributed by atoms with van der Waals surface area (Å²) in [4.78, 5) is 22.0. The number of benzene rings is 1. The fourth-order valence-electron chi connectivity index (χ4n) is 1.88. The lowest BCUT2D eigenvalue weighted by molar-refractivity contribution is -0.137. The highest BCUT2D eigenvalue weighted by atomic mass is 79.9. The predicted octanol–water partition coefficient (Wildman–Crippen LogP) is 3.80. The molecule has 21 heavy (non-hydrogen) atoms. The summed E-state index contributed by atoms with van der Waals surface area (Å²) in [6.07, 6.45) is 3.50. The van der Waals surface area contributed by atoms with Crippen LogP contribution in [0.5, 0.6) is 0 Å². The average Bonchev–Trinajstić information content (AvgIpc) is 2.43. The molecule has 1 aromatic carbocycles. The Hall–Kier alpha value is -1.07. The molecule has 1 amide bonds. The molecule has 0 atom stereocenters. The molecule has 1 aromatic rings. The quantitative estimate of drug-likeness (QED) is 0.644. The first kappa shape index (κ1) is 18.0. The third kappa shape index (κ3) is 8.07. The second kappa shape index (κ2) is 9.79. The fraction of sp³-hybridized carbons (Fsp3) is 0.467. The van der Waals surface area contributed by atoms with Gasteiger partial charge >= 0.3 is 5.97 Å². The highest BCUT2D eigenvalue weighted by Crippen LogP contribution is 2.22. The molecule has 6 heteroatoms. The van der Waals surface area contributed by atoms with E-state index < -0.39 is 5.97 Å². The van der Waals surface area contributed by atoms with Crippen molar-refractivity contribution in [2.45, 2.75) is 38.5 Å². The number of hydrogen-bond donors (Lipinski definition) is 2. The number of nitrogens with one attached hydrogen (secondary N) is 1. The average molecular weight is 377 g/mol. The zero-order valence-electron chi connectivity index (χ0n) is 11.7. The summed E-state index contributed by atoms with van der Waals surface area (Å²) < 4.78 is 0.952. The maximum atomic E-state index is 11.7. The molecular formula is C15H19BrClNO3. The van der Waals surface area contributed by atoms with Gasteiger partial charge in [0.1, 0.15) is 0 Å². The van der Waals surface area contributed by atoms with Gasteiger partial charge in [-0.25, -0.2) is 0 Å². The highest BCUT2D eigenvalue weighted by Gasteiger charge is 2.05. The van der Waals surface area contributed by atoms with E-state index in [0.717, 1.165) is 22.9 Å². The lowest BCUT2D eigenvalue weighted by Gasteiger charge is -2.07. The molecule has 0 radical (unpaired) electrons. The topological polar surface area (TPSA) is 66.4 Å². The Morgan fingerprint density at radius 1 is 1.19 bits per heavy atom. The lowest BCUT2D eigenvalue weighted by atomic mass is 10.1. The van der Waals surface area contributed by atoms with Crippen molar-refractivity contribution in [1.29, 1.82) is 0 Å². The normalized spacial score (nSPS) is 10.4. The summed E-state index contributed by atoms with van der Waals surface area (Å²) in [6.45, 7) is 0.592. The maximum absolute atomic E-state index is 11.7. The minimum absolute atomic E-state index is 0.000102. The summed E-state index contributed by atoms with van der Waals surface area (Å²) in [5, 5.41) is 12.0. The molecular weight excluding hydrogens is 358 g/mol. The number of rotatable bonds is 9. The number of carboxylic acids is 1. The van der Waals surface area contributed by atoms with Crippen LogP contribution in [-0.4, -0.2) is 23.5 Å². The Morgan fingerprint density at radius 2 is 1.95 bits per heavy atom. The summed E-state index contributed by atoms with van der Waals surface area (Å²) in [6, 6.07) is 5.52. The largest absolute Gasteiger partial charge is 0.481 e. The minimum Gasteiger partial charge on any atom is -0.481 e. The minimum atomic E-state index is -0.772. The Labute approximate surface area is 138 Å². The van der Waals surface area contributed by atoms with Crippen molar-refractivity contribution in [3.05, 3.63) is 33.3 Å². The molecule has 0 saturated carbocycles. The van der Waals surface area contributed by atoms with E-state index in [-0.39, 0.29) is 12.3 Å². The number of aryl methyl sites for hydroxylation is 1. The Bertz CT molecular complexity index is 494. The molecule has 0 aliphatic heterocycles. The van der Waals surface area contributed by atoms with Crippen LogP contribution in [0.2, 0.25) is 5.02 Å². The van der Waals surface area contributed by atoms with E-state index in [1.54, 1.807) is 6.07 Å². The molecule has 0 saturated heterocycles. The summed E-state index contributed by atoms with van der Waals surface area (Å²) in [5.41, 5.74) is 1.01. The first-order valence-electron chi connectivity index (χ1n) is 6.91. The van der Waals surface area contributed by atoms with E-state index in [4.69, 9.17) is 16.7 Å². The number of carbonyl (C=O) groups is 2. The zero-order chi connectivity index (χ0) is 15.7. The van der Waals surface area contributed by atoms with Crippen molar-refractivity contribution in [2.24, 2.45) is 0 Å². The van der Waals surface area contributed by atoms with Gasteiger partial charge < -0.3 is 10.4 Å². The third-order valence-electron chi connectivity index (χ3n) is 3.02. The molecule has 0 aliphatic rings. The molecule has 4 nitrogen and oxygen atoms in total. The van der Waals surface area contributed by atoms with E-state index in [2.05, 4.69) is 21.2 Å². The Morgan fingerprint density at radius 3 is 2.67 bits per heavy atom. The van der Waals surface area contributed by atoms with E-state index in [9.17, 15) is 9.59 Å². The number of unbranched alkanes of at least 4 members (excludes halogenated alkanes) is 2. The smallest absolute Gasteiger partial charge is 0.303 e. The van der Waals surface area contributed by atoms with Gasteiger partial charge in [-0.1, -0.05) is 34.0 Å². The van der Waals surface area contributed by atoms with Crippen molar-refractivity contribution in [1.82, 2.24) is 5.32 Å². The first-order chi connectivity index (χ1) is 9.99. The number of halogens is 2. The van der Waals surface area contributed by atoms with Crippen molar-refractivity contribution >= 4 is 39.4 Å². The molecule has 0 unspecified atom stereocenters. The van der Waals surface area contributed by atoms with Crippen LogP contribution < -0.4 is 5.32 Å². The van der Waals surface area contributed by atoms with Gasteiger partial charge in [-0.15, -0.1) is 0 Å². The molecule has 0 spiro atoms. The van der Waals surface area contributed by atoms with Gasteiger partial charge in [-0.05, 0) is 43.0 Å². The molecule has 2 N–H and O–H groups in total. The second-order valence-electron chi connectivity index (χ2n) is 4.79. The number of carboxylic acid groups (broad SMARTS) is 1. The van der Waals surface area contributed by atoms with Crippen LogP contribution in [0.15, 0.2) is 22.7 Å². The summed E-state index contributed by atoms with van der Waals surface area (Å²) in [7, 11) is 0. The zero-order valence-corrected chi connectivity index (χ0v) is 14.0. The molecule has 1 rings (SSSR count). The molecule has 116 valence electrons. The van der Waals surface area contributed by atoms with E-state index in [0.29, 0.717) is 30.8 Å². The van der Waals surface area contributed by atoms with Crippen LogP contribution in [0.4, 0.5) is 0 Å². The van der Waals surface area contributed by atoms with Gasteiger partial charge in [0.05, 0.1) is 0 Å². The van der Waals surface area contributed by atoms with Gasteiger partial charge in [0, 0.05) is 28.9 Å². The molecule has 0 bridgehead atoms. The van der Waals surface area contributed by atoms with Gasteiger partial charge in [0.25, 0.3) is 0 Å². The van der Waals surface area contributed by atoms with Crippen LogP contribution in [0.3, 0.4) is 0 Å². The first-order valence-corrected chi connectivity index (χ1v) is 8.08. The van der Waals surface area contributed by atoms with Crippen LogP contribution in [-0.2, 0) is 16.0 Å². The van der Waals surface area contributed by atoms with Crippen LogP contribution in [0.25, 0.3) is 0 Å². The SMILES string of the molecule is O=C(O)CCCCCNC(=O)CCc1cc(Cl)ccc1Br. The molecule has 0 fully saturated rings. The van der Waals surface area contributed by atoms with Crippen LogP contribution in [0, 0.1) is 0 Å². The van der Waals surface area contributed by atoms with E-state index in [1.807, 2.05) is 12.1 Å². The molecule has 0 aromatic heterocycles. The second-order valence-corrected chi connectivity index (χ2v) is 6.08. The van der Waals surface area contributed by atoms with Gasteiger partial charge in [-0.3, -0.25) is 9.59 Å². The third-order valence-corrected chi connectivity index (χ3v) is 4.03. The Kier molecular flexibility index (Phi) is 8.38. The van der Waals surface area contributed by atoms with Gasteiger partial charge in [-0.2, -0.15) is 0 Å². The lowest BCUT2D eigenvalue weighted by Crippen LogP contribution is -2.24. The van der Waals surface area contributed by atoms with E-state index >= 15 is 0 Å². The fourth-order valence-corrected chi connectivity index (χ4v) is 2.52. The number of carbonyl (C=O) groups excluding carboxylic acids is 1. The van der Waals surface area contributed by atoms with E-state index in [1.165, 1.54) is 0 Å². The number of hydrogen-bond acceptors (Lipinski definition) is 2. The van der Waals surface area contributed by atoms with Crippen molar-refractivity contribution in [2.75, 3.05) is 6.54 Å². The van der Waals surface area contributed by atoms with Crippen molar-refractivity contribution in [3.63, 3.8) is 0 Å². The summed E-state index contributed by atoms with van der Waals surface area (Å²) >= 11 is 9.36. The number of aliphatic carboxylic acids is 1. The Balaban J connectivity index is 2.16. The monoisotopic (exact) mass is 375 g/mol.